The number of halogens is 1. The van der Waals surface area contributed by atoms with Crippen LogP contribution in [-0.2, 0) is 38.9 Å². The second-order valence-electron chi connectivity index (χ2n) is 7.44. The Bertz CT molecular complexity index is 1190. The van der Waals surface area contributed by atoms with Crippen molar-refractivity contribution in [3.8, 4) is 0 Å². The molecule has 1 atom stereocenters. The summed E-state index contributed by atoms with van der Waals surface area (Å²) in [6.45, 7) is 0.522. The van der Waals surface area contributed by atoms with E-state index in [1.807, 2.05) is 24.3 Å². The molecule has 0 saturated carbocycles. The summed E-state index contributed by atoms with van der Waals surface area (Å²) in [5.74, 6) is -0.738. The van der Waals surface area contributed by atoms with Gasteiger partial charge in [-0.2, -0.15) is 0 Å². The van der Waals surface area contributed by atoms with Gasteiger partial charge in [-0.05, 0) is 55.2 Å². The Morgan fingerprint density at radius 3 is 2.77 bits per heavy atom. The highest BCUT2D eigenvalue weighted by atomic mass is 32.2. The first-order valence-corrected chi connectivity index (χ1v) is 11.3. The largest absolute Gasteiger partial charge is 0.469 e. The summed E-state index contributed by atoms with van der Waals surface area (Å²) in [6, 6.07) is 12.5. The molecule has 0 amide bonds. The lowest BCUT2D eigenvalue weighted by Crippen LogP contribution is -2.39. The number of para-hydroxylation sites is 1. The molecule has 0 radical (unpaired) electrons. The molecule has 1 aliphatic carbocycles. The van der Waals surface area contributed by atoms with Crippen molar-refractivity contribution >= 4 is 26.9 Å². The van der Waals surface area contributed by atoms with Gasteiger partial charge >= 0.3 is 5.97 Å². The number of esters is 1. The average Bonchev–Trinajstić information content (AvgIpc) is 3.05. The topological polar surface area (TPSA) is 77.4 Å². The molecule has 0 saturated heterocycles. The number of rotatable bonds is 6. The summed E-state index contributed by atoms with van der Waals surface area (Å²) in [7, 11) is -2.36. The zero-order valence-corrected chi connectivity index (χ0v) is 17.4. The normalized spacial score (nSPS) is 16.4. The number of carbonyl (C=O) groups is 1. The van der Waals surface area contributed by atoms with Crippen molar-refractivity contribution in [2.24, 2.45) is 0 Å². The molecule has 2 aromatic carbocycles. The lowest BCUT2D eigenvalue weighted by Gasteiger charge is -2.25. The predicted octanol–water partition coefficient (Wildman–Crippen LogP) is 3.18. The molecule has 3 aromatic rings. The van der Waals surface area contributed by atoms with Crippen LogP contribution in [0.25, 0.3) is 10.9 Å². The fourth-order valence-electron chi connectivity index (χ4n) is 4.16. The van der Waals surface area contributed by atoms with E-state index in [9.17, 15) is 17.6 Å². The minimum Gasteiger partial charge on any atom is -0.469 e. The number of nitrogens with one attached hydrogen (secondary N) is 1. The number of carbonyl (C=O) groups excluding carboxylic acids is 1. The van der Waals surface area contributed by atoms with Crippen molar-refractivity contribution < 1.29 is 22.3 Å². The molecule has 8 heteroatoms. The van der Waals surface area contributed by atoms with Crippen molar-refractivity contribution in [3.05, 3.63) is 65.6 Å². The minimum absolute atomic E-state index is 0.0511. The zero-order chi connectivity index (χ0) is 21.3. The van der Waals surface area contributed by atoms with Gasteiger partial charge in [-0.15, -0.1) is 0 Å². The molecule has 0 unspecified atom stereocenters. The highest BCUT2D eigenvalue weighted by Gasteiger charge is 2.28. The molecule has 6 nitrogen and oxygen atoms in total. The van der Waals surface area contributed by atoms with Crippen molar-refractivity contribution in [1.82, 2.24) is 9.29 Å². The van der Waals surface area contributed by atoms with Crippen molar-refractivity contribution in [2.45, 2.75) is 43.2 Å². The third kappa shape index (κ3) is 3.97. The molecular formula is C22H23FN2O4S. The fraction of sp³-hybridized carbons (Fsp3) is 0.318. The van der Waals surface area contributed by atoms with Gasteiger partial charge in [0.2, 0.25) is 10.0 Å². The van der Waals surface area contributed by atoms with Crippen LogP contribution < -0.4 is 4.72 Å². The Morgan fingerprint density at radius 2 is 2.03 bits per heavy atom. The van der Waals surface area contributed by atoms with E-state index >= 15 is 0 Å². The lowest BCUT2D eigenvalue weighted by atomic mass is 9.96. The van der Waals surface area contributed by atoms with Gasteiger partial charge in [-0.3, -0.25) is 4.79 Å². The number of sulfonamides is 1. The van der Waals surface area contributed by atoms with Crippen molar-refractivity contribution in [1.29, 1.82) is 0 Å². The Hall–Kier alpha value is -2.71. The molecular weight excluding hydrogens is 419 g/mol. The monoisotopic (exact) mass is 442 g/mol. The zero-order valence-electron chi connectivity index (χ0n) is 16.6. The van der Waals surface area contributed by atoms with E-state index in [1.165, 1.54) is 19.2 Å². The molecule has 1 heterocycles. The Balaban J connectivity index is 1.61. The van der Waals surface area contributed by atoms with Crippen LogP contribution >= 0.6 is 0 Å². The van der Waals surface area contributed by atoms with Gasteiger partial charge in [-0.25, -0.2) is 17.5 Å². The maximum Gasteiger partial charge on any atom is 0.307 e. The quantitative estimate of drug-likeness (QED) is 0.595. The molecule has 1 N–H and O–H groups in total. The number of nitrogens with zero attached hydrogens (tertiary/aromatic N) is 1. The first kappa shape index (κ1) is 20.6. The summed E-state index contributed by atoms with van der Waals surface area (Å²) in [4.78, 5) is 11.7. The Morgan fingerprint density at radius 1 is 1.30 bits per heavy atom. The molecule has 0 aliphatic heterocycles. The summed E-state index contributed by atoms with van der Waals surface area (Å²) >= 11 is 0. The molecule has 1 aromatic heterocycles. The number of hydrogen-bond donors (Lipinski definition) is 1. The fourth-order valence-corrected chi connectivity index (χ4v) is 5.43. The van der Waals surface area contributed by atoms with Crippen LogP contribution in [0.1, 0.15) is 24.1 Å². The number of benzene rings is 2. The van der Waals surface area contributed by atoms with Crippen LogP contribution in [0.3, 0.4) is 0 Å². The SMILES string of the molecule is COC(=O)CCn1c2c([14c]3[14cH][14cH][14cH][14cH][14c]31)C[C@H](NS(=O)(=O)c1ccc(F)cc1)CC2. The number of methoxy groups -OCH3 is 1. The number of aryl methyl sites for hydroxylation is 1. The maximum absolute atomic E-state index is 13.1. The van der Waals surface area contributed by atoms with Gasteiger partial charge in [0.15, 0.2) is 0 Å². The minimum atomic E-state index is -3.74. The number of hydrogen-bond acceptors (Lipinski definition) is 4. The van der Waals surface area contributed by atoms with Crippen LogP contribution in [0.15, 0.2) is 53.4 Å². The standard InChI is InChI=1S/C22H23FN2O4S/c1-29-22(26)12-13-25-20-5-3-2-4-18(20)19-14-16(8-11-21(19)25)24-30(27,28)17-9-6-15(23)7-10-17/h2-7,9-10,16,24H,8,11-14H2,1H3/t16-/m1/s1/i2+2,3+2,4+2,5+2,18+2,20+2. The highest BCUT2D eigenvalue weighted by molar-refractivity contribution is 7.89. The van der Waals surface area contributed by atoms with Crippen molar-refractivity contribution in [2.75, 3.05) is 7.11 Å². The Labute approximate surface area is 174 Å². The van der Waals surface area contributed by atoms with Gasteiger partial charge in [0, 0.05) is 29.2 Å². The van der Waals surface area contributed by atoms with Crippen LogP contribution in [-0.4, -0.2) is 32.1 Å². The van der Waals surface area contributed by atoms with E-state index in [0.29, 0.717) is 25.8 Å². The third-order valence-corrected chi connectivity index (χ3v) is 7.12. The smallest absolute Gasteiger partial charge is 0.307 e. The molecule has 158 valence electrons. The van der Waals surface area contributed by atoms with E-state index in [1.54, 1.807) is 0 Å². The summed E-state index contributed by atoms with van der Waals surface area (Å²) in [5.41, 5.74) is 3.28. The van der Waals surface area contributed by atoms with Gasteiger partial charge < -0.3 is 9.30 Å². The summed E-state index contributed by atoms with van der Waals surface area (Å²) < 4.78 is 48.3. The molecule has 4 rings (SSSR count). The van der Waals surface area contributed by atoms with Gasteiger partial charge in [-0.1, -0.05) is 18.2 Å². The van der Waals surface area contributed by atoms with Gasteiger partial charge in [0.05, 0.1) is 18.4 Å². The second-order valence-corrected chi connectivity index (χ2v) is 9.15. The van der Waals surface area contributed by atoms with Crippen LogP contribution in [0.4, 0.5) is 4.39 Å². The Kier molecular flexibility index (Phi) is 5.62. The van der Waals surface area contributed by atoms with Gasteiger partial charge in [0.25, 0.3) is 0 Å². The highest BCUT2D eigenvalue weighted by Crippen LogP contribution is 2.33. The number of aromatic nitrogens is 1. The van der Waals surface area contributed by atoms with E-state index in [4.69, 9.17) is 4.74 Å². The van der Waals surface area contributed by atoms with Crippen LogP contribution in [0.5, 0.6) is 0 Å². The van der Waals surface area contributed by atoms with E-state index in [0.717, 1.165) is 34.3 Å². The molecule has 0 bridgehead atoms. The third-order valence-electron chi connectivity index (χ3n) is 5.59. The maximum atomic E-state index is 13.1. The predicted molar refractivity (Wildman–Crippen MR) is 111 cm³/mol. The van der Waals surface area contributed by atoms with E-state index in [-0.39, 0.29) is 23.3 Å². The van der Waals surface area contributed by atoms with E-state index in [2.05, 4.69) is 9.29 Å². The summed E-state index contributed by atoms with van der Waals surface area (Å²) in [6.07, 6.45) is 2.17. The molecule has 30 heavy (non-hydrogen) atoms. The molecule has 1 aliphatic rings. The van der Waals surface area contributed by atoms with Crippen LogP contribution in [0.2, 0.25) is 0 Å². The molecule has 0 spiro atoms. The number of fused-ring (bicyclic) bond motifs is 3. The van der Waals surface area contributed by atoms with Crippen LogP contribution in [0, 0.1) is 5.82 Å². The second kappa shape index (κ2) is 8.20. The van der Waals surface area contributed by atoms with Gasteiger partial charge in [0.1, 0.15) is 5.82 Å². The first-order valence-electron chi connectivity index (χ1n) is 9.83. The lowest BCUT2D eigenvalue weighted by molar-refractivity contribution is -0.140. The average molecular weight is 442 g/mol. The molecule has 0 fully saturated rings. The summed E-state index contributed by atoms with van der Waals surface area (Å²) in [5, 5.41) is 1.07. The van der Waals surface area contributed by atoms with Crippen molar-refractivity contribution in [3.63, 3.8) is 0 Å². The number of ether oxygens (including phenoxy) is 1. The van der Waals surface area contributed by atoms with E-state index < -0.39 is 15.8 Å². The first-order chi connectivity index (χ1) is 14.4.